The summed E-state index contributed by atoms with van der Waals surface area (Å²) in [5.41, 5.74) is 0. The van der Waals surface area contributed by atoms with E-state index < -0.39 is 0 Å². The highest BCUT2D eigenvalue weighted by Crippen LogP contribution is 2.33. The standard InChI is InChI=1S/C13H15FOS/c14-11-2-1-3-13(8-11)16-9-12(15)7-6-10-4-5-10/h1-3,8,10H,4-7,9H2. The Morgan fingerprint density at radius 1 is 1.44 bits per heavy atom. The first-order chi connectivity index (χ1) is 7.74. The average Bonchev–Trinajstić information content (AvgIpc) is 3.07. The highest BCUT2D eigenvalue weighted by molar-refractivity contribution is 8.00. The molecule has 1 nitrogen and oxygen atoms in total. The summed E-state index contributed by atoms with van der Waals surface area (Å²) in [4.78, 5) is 12.4. The van der Waals surface area contributed by atoms with Crippen molar-refractivity contribution in [2.45, 2.75) is 30.6 Å². The molecule has 1 aliphatic rings. The van der Waals surface area contributed by atoms with Crippen LogP contribution in [0.1, 0.15) is 25.7 Å². The average molecular weight is 238 g/mol. The van der Waals surface area contributed by atoms with Crippen molar-refractivity contribution >= 4 is 17.5 Å². The zero-order chi connectivity index (χ0) is 11.4. The molecule has 0 radical (unpaired) electrons. The van der Waals surface area contributed by atoms with E-state index in [1.165, 1.54) is 36.7 Å². The molecule has 86 valence electrons. The maximum atomic E-state index is 12.9. The van der Waals surface area contributed by atoms with Crippen molar-refractivity contribution in [3.05, 3.63) is 30.1 Å². The minimum atomic E-state index is -0.240. The van der Waals surface area contributed by atoms with Crippen LogP contribution in [0.4, 0.5) is 4.39 Å². The molecule has 0 aliphatic heterocycles. The van der Waals surface area contributed by atoms with Crippen molar-refractivity contribution in [2.75, 3.05) is 5.75 Å². The van der Waals surface area contributed by atoms with E-state index in [1.807, 2.05) is 6.07 Å². The molecule has 0 N–H and O–H groups in total. The quantitative estimate of drug-likeness (QED) is 0.703. The minimum absolute atomic E-state index is 0.240. The SMILES string of the molecule is O=C(CCC1CC1)CSc1cccc(F)c1. The molecular weight excluding hydrogens is 223 g/mol. The number of Topliss-reactive ketones (excluding diaryl/α,β-unsaturated/α-hetero) is 1. The van der Waals surface area contributed by atoms with Gasteiger partial charge in [0.2, 0.25) is 0 Å². The van der Waals surface area contributed by atoms with Crippen molar-refractivity contribution in [3.8, 4) is 0 Å². The second kappa shape index (κ2) is 5.48. The summed E-state index contributed by atoms with van der Waals surface area (Å²) in [5, 5.41) is 0. The van der Waals surface area contributed by atoms with Crippen LogP contribution in [-0.2, 0) is 4.79 Å². The largest absolute Gasteiger partial charge is 0.299 e. The van der Waals surface area contributed by atoms with Gasteiger partial charge in [0.15, 0.2) is 0 Å². The van der Waals surface area contributed by atoms with Crippen molar-refractivity contribution in [2.24, 2.45) is 5.92 Å². The van der Waals surface area contributed by atoms with Gasteiger partial charge in [-0.05, 0) is 30.5 Å². The molecule has 1 aromatic carbocycles. The van der Waals surface area contributed by atoms with Crippen LogP contribution >= 0.6 is 11.8 Å². The molecule has 1 saturated carbocycles. The highest BCUT2D eigenvalue weighted by Gasteiger charge is 2.21. The Labute approximate surface area is 99.4 Å². The van der Waals surface area contributed by atoms with Gasteiger partial charge in [0.1, 0.15) is 11.6 Å². The lowest BCUT2D eigenvalue weighted by Crippen LogP contribution is -2.01. The lowest BCUT2D eigenvalue weighted by molar-refractivity contribution is -0.116. The van der Waals surface area contributed by atoms with Gasteiger partial charge in [-0.25, -0.2) is 4.39 Å². The van der Waals surface area contributed by atoms with Gasteiger partial charge < -0.3 is 0 Å². The number of carbonyl (C=O) groups is 1. The van der Waals surface area contributed by atoms with Crippen LogP contribution in [0.5, 0.6) is 0 Å². The molecule has 0 bridgehead atoms. The van der Waals surface area contributed by atoms with Gasteiger partial charge in [-0.3, -0.25) is 4.79 Å². The topological polar surface area (TPSA) is 17.1 Å². The van der Waals surface area contributed by atoms with E-state index in [0.717, 1.165) is 17.2 Å². The van der Waals surface area contributed by atoms with Crippen LogP contribution in [0.2, 0.25) is 0 Å². The fourth-order valence-electron chi connectivity index (χ4n) is 1.56. The Morgan fingerprint density at radius 2 is 2.25 bits per heavy atom. The molecule has 1 aromatic rings. The van der Waals surface area contributed by atoms with Gasteiger partial charge in [0, 0.05) is 11.3 Å². The second-order valence-electron chi connectivity index (χ2n) is 4.27. The molecule has 0 saturated heterocycles. The third-order valence-corrected chi connectivity index (χ3v) is 3.78. The van der Waals surface area contributed by atoms with E-state index in [-0.39, 0.29) is 11.6 Å². The zero-order valence-electron chi connectivity index (χ0n) is 9.12. The van der Waals surface area contributed by atoms with Crippen LogP contribution in [0.25, 0.3) is 0 Å². The molecular formula is C13H15FOS. The minimum Gasteiger partial charge on any atom is -0.299 e. The predicted octanol–water partition coefficient (Wildman–Crippen LogP) is 3.68. The second-order valence-corrected chi connectivity index (χ2v) is 5.32. The molecule has 0 amide bonds. The Morgan fingerprint density at radius 3 is 2.94 bits per heavy atom. The zero-order valence-corrected chi connectivity index (χ0v) is 9.93. The van der Waals surface area contributed by atoms with Crippen molar-refractivity contribution < 1.29 is 9.18 Å². The predicted molar refractivity (Wildman–Crippen MR) is 64.1 cm³/mol. The number of ketones is 1. The third kappa shape index (κ3) is 3.97. The lowest BCUT2D eigenvalue weighted by Gasteiger charge is -2.01. The first-order valence-corrected chi connectivity index (χ1v) is 6.62. The molecule has 16 heavy (non-hydrogen) atoms. The number of hydrogen-bond donors (Lipinski definition) is 0. The molecule has 2 rings (SSSR count). The van der Waals surface area contributed by atoms with Gasteiger partial charge >= 0.3 is 0 Å². The van der Waals surface area contributed by atoms with E-state index in [9.17, 15) is 9.18 Å². The van der Waals surface area contributed by atoms with Gasteiger partial charge in [-0.1, -0.05) is 18.9 Å². The molecule has 0 heterocycles. The van der Waals surface area contributed by atoms with Crippen molar-refractivity contribution in [1.82, 2.24) is 0 Å². The number of halogens is 1. The summed E-state index contributed by atoms with van der Waals surface area (Å²) < 4.78 is 12.9. The lowest BCUT2D eigenvalue weighted by atomic mass is 10.2. The summed E-state index contributed by atoms with van der Waals surface area (Å²) in [6.45, 7) is 0. The number of hydrogen-bond acceptors (Lipinski definition) is 2. The first-order valence-electron chi connectivity index (χ1n) is 5.64. The summed E-state index contributed by atoms with van der Waals surface area (Å²) in [7, 11) is 0. The molecule has 1 aliphatic carbocycles. The van der Waals surface area contributed by atoms with E-state index in [1.54, 1.807) is 6.07 Å². The van der Waals surface area contributed by atoms with Crippen molar-refractivity contribution in [3.63, 3.8) is 0 Å². The van der Waals surface area contributed by atoms with E-state index in [0.29, 0.717) is 12.2 Å². The van der Waals surface area contributed by atoms with Gasteiger partial charge in [-0.2, -0.15) is 0 Å². The Kier molecular flexibility index (Phi) is 3.99. The third-order valence-electron chi connectivity index (χ3n) is 2.72. The number of carbonyl (C=O) groups excluding carboxylic acids is 1. The molecule has 0 spiro atoms. The van der Waals surface area contributed by atoms with Crippen molar-refractivity contribution in [1.29, 1.82) is 0 Å². The maximum Gasteiger partial charge on any atom is 0.143 e. The maximum absolute atomic E-state index is 12.9. The van der Waals surface area contributed by atoms with E-state index in [2.05, 4.69) is 0 Å². The first kappa shape index (κ1) is 11.6. The summed E-state index contributed by atoms with van der Waals surface area (Å²) >= 11 is 1.43. The number of rotatable bonds is 6. The van der Waals surface area contributed by atoms with Gasteiger partial charge in [0.05, 0.1) is 5.75 Å². The normalized spacial score (nSPS) is 15.1. The summed E-state index contributed by atoms with van der Waals surface area (Å²) in [5.74, 6) is 1.32. The molecule has 1 fully saturated rings. The van der Waals surface area contributed by atoms with E-state index in [4.69, 9.17) is 0 Å². The Balaban J connectivity index is 1.71. The highest BCUT2D eigenvalue weighted by atomic mass is 32.2. The molecule has 0 atom stereocenters. The Bertz CT molecular complexity index is 374. The molecule has 0 aromatic heterocycles. The van der Waals surface area contributed by atoms with Crippen LogP contribution in [0.15, 0.2) is 29.2 Å². The van der Waals surface area contributed by atoms with Crippen LogP contribution in [0.3, 0.4) is 0 Å². The number of benzene rings is 1. The summed E-state index contributed by atoms with van der Waals surface area (Å²) in [6, 6.07) is 6.39. The monoisotopic (exact) mass is 238 g/mol. The fourth-order valence-corrected chi connectivity index (χ4v) is 2.41. The molecule has 0 unspecified atom stereocenters. The van der Waals surface area contributed by atoms with Crippen LogP contribution in [-0.4, -0.2) is 11.5 Å². The Hall–Kier alpha value is -0.830. The van der Waals surface area contributed by atoms with Gasteiger partial charge in [0.25, 0.3) is 0 Å². The van der Waals surface area contributed by atoms with E-state index >= 15 is 0 Å². The number of thioether (sulfide) groups is 1. The van der Waals surface area contributed by atoms with Crippen LogP contribution < -0.4 is 0 Å². The molecule has 3 heteroatoms. The smallest absolute Gasteiger partial charge is 0.143 e. The summed E-state index contributed by atoms with van der Waals surface area (Å²) in [6.07, 6.45) is 4.32. The van der Waals surface area contributed by atoms with Gasteiger partial charge in [-0.15, -0.1) is 11.8 Å². The van der Waals surface area contributed by atoms with Crippen LogP contribution in [0, 0.1) is 11.7 Å². The fraction of sp³-hybridized carbons (Fsp3) is 0.462.